The third kappa shape index (κ3) is 0.696. The molecule has 1 aromatic rings. The van der Waals surface area contributed by atoms with Crippen molar-refractivity contribution < 1.29 is 18.6 Å². The summed E-state index contributed by atoms with van der Waals surface area (Å²) in [4.78, 5) is 3.01. The van der Waals surface area contributed by atoms with E-state index < -0.39 is 0 Å². The molecule has 0 atom stereocenters. The van der Waals surface area contributed by atoms with E-state index in [-0.39, 0.29) is 0 Å². The van der Waals surface area contributed by atoms with Gasteiger partial charge >= 0.3 is 46.2 Å². The van der Waals surface area contributed by atoms with E-state index >= 15 is 0 Å². The Labute approximate surface area is 46.7 Å². The van der Waals surface area contributed by atoms with Crippen LogP contribution in [0.3, 0.4) is 0 Å². The van der Waals surface area contributed by atoms with Crippen molar-refractivity contribution in [3.05, 3.63) is 18.3 Å². The first-order valence-corrected chi connectivity index (χ1v) is 2.94. The van der Waals surface area contributed by atoms with Crippen LogP contribution in [0, 0.1) is 0 Å². The van der Waals surface area contributed by atoms with E-state index in [4.69, 9.17) is 0 Å². The van der Waals surface area contributed by atoms with Crippen LogP contribution in [-0.4, -0.2) is 4.98 Å². The summed E-state index contributed by atoms with van der Waals surface area (Å²) < 4.78 is 1.25. The molecule has 1 aromatic heterocycles. The average molecular weight is 256 g/mol. The molecule has 0 fully saturated rings. The number of hydrogen-bond donors (Lipinski definition) is 1. The van der Waals surface area contributed by atoms with Crippen LogP contribution in [0.4, 0.5) is 0 Å². The third-order valence-corrected chi connectivity index (χ3v) is 1.34. The van der Waals surface area contributed by atoms with Crippen LogP contribution in [0.5, 0.6) is 0 Å². The molecule has 0 radical (unpaired) electrons. The topological polar surface area (TPSA) is 15.8 Å². The van der Waals surface area contributed by atoms with Crippen LogP contribution in [0.25, 0.3) is 0 Å². The summed E-state index contributed by atoms with van der Waals surface area (Å²) in [5.74, 6) is 0. The Morgan fingerprint density at radius 2 is 2.50 bits per heavy atom. The summed E-state index contributed by atoms with van der Waals surface area (Å²) in [5.41, 5.74) is 0. The molecule has 33 valence electrons. The summed E-state index contributed by atoms with van der Waals surface area (Å²) in [7, 11) is 0. The summed E-state index contributed by atoms with van der Waals surface area (Å²) in [5, 5.41) is 0. The van der Waals surface area contributed by atoms with Gasteiger partial charge in [0.1, 0.15) is 0 Å². The van der Waals surface area contributed by atoms with Gasteiger partial charge in [0.15, 0.2) is 0 Å². The second kappa shape index (κ2) is 1.58. The number of aromatic nitrogens is 1. The zero-order valence-electron chi connectivity index (χ0n) is 3.09. The number of aromatic amines is 1. The van der Waals surface area contributed by atoms with Crippen LogP contribution >= 0.6 is 0 Å². The molecule has 0 saturated carbocycles. The SMILES string of the molecule is [Os][c]1ccc[nH]1. The Morgan fingerprint density at radius 1 is 1.67 bits per heavy atom. The van der Waals surface area contributed by atoms with E-state index in [0.29, 0.717) is 0 Å². The van der Waals surface area contributed by atoms with E-state index in [0.717, 1.165) is 0 Å². The van der Waals surface area contributed by atoms with Crippen molar-refractivity contribution in [2.24, 2.45) is 0 Å². The maximum atomic E-state index is 3.01. The normalized spacial score (nSPS) is 8.83. The van der Waals surface area contributed by atoms with Gasteiger partial charge in [-0.15, -0.1) is 0 Å². The van der Waals surface area contributed by atoms with Crippen LogP contribution in [0.1, 0.15) is 0 Å². The molecule has 2 heteroatoms. The van der Waals surface area contributed by atoms with Crippen molar-refractivity contribution >= 4 is 4.25 Å². The molecular formula is C4H4NOs. The summed E-state index contributed by atoms with van der Waals surface area (Å²) in [6.07, 6.45) is 1.92. The molecule has 6 heavy (non-hydrogen) atoms. The van der Waals surface area contributed by atoms with Gasteiger partial charge in [0, 0.05) is 0 Å². The van der Waals surface area contributed by atoms with Crippen molar-refractivity contribution in [2.45, 2.75) is 0 Å². The van der Waals surface area contributed by atoms with Gasteiger partial charge in [0.05, 0.1) is 0 Å². The van der Waals surface area contributed by atoms with E-state index in [2.05, 4.69) is 4.98 Å². The van der Waals surface area contributed by atoms with Crippen molar-refractivity contribution in [1.29, 1.82) is 0 Å². The third-order valence-electron chi connectivity index (χ3n) is 0.552. The first-order chi connectivity index (χ1) is 2.89. The summed E-state index contributed by atoms with van der Waals surface area (Å²) in [6.45, 7) is 0. The Kier molecular flexibility index (Phi) is 1.07. The molecule has 0 amide bonds. The number of hydrogen-bond acceptors (Lipinski definition) is 0. The van der Waals surface area contributed by atoms with Crippen LogP contribution in [0.2, 0.25) is 0 Å². The predicted molar refractivity (Wildman–Crippen MR) is 20.4 cm³/mol. The van der Waals surface area contributed by atoms with Gasteiger partial charge in [-0.25, -0.2) is 0 Å². The number of rotatable bonds is 0. The number of nitrogens with one attached hydrogen (secondary N) is 1. The molecule has 1 N–H and O–H groups in total. The standard InChI is InChI=1S/C4H4N.Os/c1-2-4-5-3-1;/h1-3,5H;. The van der Waals surface area contributed by atoms with Crippen molar-refractivity contribution in [3.63, 3.8) is 0 Å². The van der Waals surface area contributed by atoms with Crippen LogP contribution in [0.15, 0.2) is 18.3 Å². The number of H-pyrrole nitrogens is 1. The molecule has 0 aliphatic carbocycles. The zero-order valence-corrected chi connectivity index (χ0v) is 5.63. The minimum atomic E-state index is 1.25. The molecule has 1 rings (SSSR count). The fourth-order valence-electron chi connectivity index (χ4n) is 0.304. The van der Waals surface area contributed by atoms with Gasteiger partial charge in [-0.05, 0) is 0 Å². The molecule has 0 saturated heterocycles. The molecule has 0 aliphatic rings. The maximum absolute atomic E-state index is 3.01. The van der Waals surface area contributed by atoms with E-state index in [1.165, 1.54) is 4.25 Å². The molecule has 0 bridgehead atoms. The second-order valence-electron chi connectivity index (χ2n) is 1.00. The van der Waals surface area contributed by atoms with E-state index in [9.17, 15) is 0 Å². The monoisotopic (exact) mass is 258 g/mol. The Morgan fingerprint density at radius 3 is 2.67 bits per heavy atom. The molecular weight excluding hydrogens is 252 g/mol. The van der Waals surface area contributed by atoms with Gasteiger partial charge in [-0.1, -0.05) is 0 Å². The van der Waals surface area contributed by atoms with Crippen molar-refractivity contribution in [3.8, 4) is 0 Å². The second-order valence-corrected chi connectivity index (χ2v) is 2.37. The average Bonchev–Trinajstić information content (AvgIpc) is 1.86. The minimum absolute atomic E-state index is 1.25. The molecule has 0 unspecified atom stereocenters. The summed E-state index contributed by atoms with van der Waals surface area (Å²) in [6, 6.07) is 4.03. The fourth-order valence-corrected chi connectivity index (χ4v) is 0.760. The van der Waals surface area contributed by atoms with Gasteiger partial charge in [-0.2, -0.15) is 0 Å². The van der Waals surface area contributed by atoms with Crippen molar-refractivity contribution in [1.82, 2.24) is 4.98 Å². The van der Waals surface area contributed by atoms with Gasteiger partial charge in [0.25, 0.3) is 0 Å². The molecule has 0 aliphatic heterocycles. The molecule has 1 heterocycles. The Hall–Kier alpha value is -0.0836. The zero-order chi connectivity index (χ0) is 4.41. The quantitative estimate of drug-likeness (QED) is 0.682. The van der Waals surface area contributed by atoms with Crippen molar-refractivity contribution in [2.75, 3.05) is 0 Å². The Bertz CT molecular complexity index is 111. The fraction of sp³-hybridized carbons (Fsp3) is 0. The van der Waals surface area contributed by atoms with Gasteiger partial charge in [-0.3, -0.25) is 0 Å². The van der Waals surface area contributed by atoms with Crippen LogP contribution in [-0.2, 0) is 18.6 Å². The first kappa shape index (κ1) is 4.09. The van der Waals surface area contributed by atoms with E-state index in [1.807, 2.05) is 36.9 Å². The van der Waals surface area contributed by atoms with E-state index in [1.54, 1.807) is 0 Å². The van der Waals surface area contributed by atoms with Gasteiger partial charge in [0.2, 0.25) is 0 Å². The first-order valence-electron chi connectivity index (χ1n) is 1.67. The van der Waals surface area contributed by atoms with Gasteiger partial charge < -0.3 is 0 Å². The predicted octanol–water partition coefficient (Wildman–Crippen LogP) is 0.187. The molecule has 1 nitrogen and oxygen atoms in total. The molecule has 0 aromatic carbocycles. The molecule has 0 spiro atoms. The Balaban J connectivity index is 3.05. The van der Waals surface area contributed by atoms with Crippen LogP contribution < -0.4 is 4.25 Å². The summed E-state index contributed by atoms with van der Waals surface area (Å²) >= 11 is 1.85.